The molecule has 2 saturated heterocycles. The third kappa shape index (κ3) is 3.58. The van der Waals surface area contributed by atoms with E-state index in [1.807, 2.05) is 13.8 Å². The van der Waals surface area contributed by atoms with Gasteiger partial charge < -0.3 is 10.1 Å². The molecule has 3 aliphatic heterocycles. The maximum Gasteiger partial charge on any atom is 0.266 e. The number of ether oxygens (including phenoxy) is 1. The Morgan fingerprint density at radius 1 is 1.28 bits per heavy atom. The fourth-order valence-electron chi connectivity index (χ4n) is 4.39. The molecule has 0 aromatic heterocycles. The van der Waals surface area contributed by atoms with Crippen LogP contribution >= 0.6 is 8.58 Å². The lowest BCUT2D eigenvalue weighted by Gasteiger charge is -2.33. The van der Waals surface area contributed by atoms with Gasteiger partial charge in [-0.05, 0) is 38.1 Å². The molecule has 2 fully saturated rings. The van der Waals surface area contributed by atoms with Crippen molar-refractivity contribution in [3.63, 3.8) is 0 Å². The van der Waals surface area contributed by atoms with Crippen molar-refractivity contribution in [1.82, 2.24) is 15.5 Å². The Hall–Kier alpha value is -2.80. The predicted molar refractivity (Wildman–Crippen MR) is 117 cm³/mol. The summed E-state index contributed by atoms with van der Waals surface area (Å²) in [7, 11) is 0.774. The van der Waals surface area contributed by atoms with Crippen LogP contribution in [0.25, 0.3) is 0 Å². The van der Waals surface area contributed by atoms with Crippen LogP contribution in [0.2, 0.25) is 0 Å². The largest absolute Gasteiger partial charge is 0.483 e. The lowest BCUT2D eigenvalue weighted by molar-refractivity contribution is -0.136. The van der Waals surface area contributed by atoms with E-state index in [1.54, 1.807) is 6.07 Å². The zero-order valence-corrected chi connectivity index (χ0v) is 19.4. The van der Waals surface area contributed by atoms with E-state index in [9.17, 15) is 24.0 Å². The minimum absolute atomic E-state index is 0.0264. The molecule has 0 bridgehead atoms. The van der Waals surface area contributed by atoms with Crippen LogP contribution in [0, 0.1) is 0 Å². The van der Waals surface area contributed by atoms with Gasteiger partial charge in [-0.3, -0.25) is 34.2 Å². The van der Waals surface area contributed by atoms with Crippen molar-refractivity contribution < 1.29 is 28.7 Å². The lowest BCUT2D eigenvalue weighted by atomic mass is 9.87. The number of hydrogen-bond acceptors (Lipinski definition) is 6. The number of rotatable bonds is 6. The second kappa shape index (κ2) is 7.66. The van der Waals surface area contributed by atoms with Gasteiger partial charge in [-0.1, -0.05) is 19.9 Å². The highest BCUT2D eigenvalue weighted by Gasteiger charge is 2.57. The molecule has 0 spiro atoms. The van der Waals surface area contributed by atoms with Crippen molar-refractivity contribution in [2.45, 2.75) is 62.9 Å². The van der Waals surface area contributed by atoms with Gasteiger partial charge in [-0.2, -0.15) is 0 Å². The minimum atomic E-state index is -1.06. The van der Waals surface area contributed by atoms with E-state index < -0.39 is 35.2 Å². The van der Waals surface area contributed by atoms with Gasteiger partial charge in [-0.25, -0.2) is 0 Å². The third-order valence-electron chi connectivity index (χ3n) is 6.84. The summed E-state index contributed by atoms with van der Waals surface area (Å²) >= 11 is 0. The topological polar surface area (TPSA) is 122 Å². The number of hydrogen-bond donors (Lipinski definition) is 2. The van der Waals surface area contributed by atoms with Gasteiger partial charge in [-0.15, -0.1) is 8.58 Å². The zero-order chi connectivity index (χ0) is 23.4. The first-order valence-corrected chi connectivity index (χ1v) is 11.6. The molecule has 0 aliphatic carbocycles. The zero-order valence-electron chi connectivity index (χ0n) is 18.4. The molecule has 1 aromatic carbocycles. The first kappa shape index (κ1) is 22.4. The van der Waals surface area contributed by atoms with Crippen molar-refractivity contribution in [2.75, 3.05) is 6.61 Å². The summed E-state index contributed by atoms with van der Waals surface area (Å²) in [5.74, 6) is -2.62. The molecule has 4 atom stereocenters. The van der Waals surface area contributed by atoms with Gasteiger partial charge in [0.15, 0.2) is 6.61 Å². The molecule has 3 heterocycles. The van der Waals surface area contributed by atoms with Gasteiger partial charge in [0.05, 0.1) is 11.1 Å². The Kier molecular flexibility index (Phi) is 5.36. The third-order valence-corrected chi connectivity index (χ3v) is 9.19. The quantitative estimate of drug-likeness (QED) is 0.487. The lowest BCUT2D eigenvalue weighted by Crippen LogP contribution is -2.54. The second-order valence-electron chi connectivity index (χ2n) is 9.16. The summed E-state index contributed by atoms with van der Waals surface area (Å²) in [6.07, 6.45) is 0.114. The van der Waals surface area contributed by atoms with Crippen LogP contribution in [0.4, 0.5) is 0 Å². The smallest absolute Gasteiger partial charge is 0.266 e. The van der Waals surface area contributed by atoms with Gasteiger partial charge >= 0.3 is 0 Å². The number of amides is 5. The van der Waals surface area contributed by atoms with Crippen LogP contribution in [0.1, 0.15) is 61.3 Å². The van der Waals surface area contributed by atoms with Gasteiger partial charge in [0.1, 0.15) is 11.8 Å². The van der Waals surface area contributed by atoms with Gasteiger partial charge in [0, 0.05) is 17.1 Å². The summed E-state index contributed by atoms with van der Waals surface area (Å²) in [6.45, 7) is 7.97. The molecular formula is C22H26N3O6P. The fraction of sp³-hybridized carbons (Fsp3) is 0.500. The standard InChI is InChI=1S/C22H26N3O6P/c1-11-22(4,32-11)21(2,3)24-16(27)10-31-14-7-5-6-12-17(14)20(30)25(19(12)29)13-8-9-15(26)23-18(13)28/h5-7,11,13,32H,8-10H2,1-4H3,(H,24,27)(H,23,26,28). The van der Waals surface area contributed by atoms with Crippen molar-refractivity contribution >= 4 is 38.1 Å². The molecule has 170 valence electrons. The summed E-state index contributed by atoms with van der Waals surface area (Å²) in [5.41, 5.74) is 0.271. The molecule has 1 aromatic rings. The number of piperidine rings is 1. The maximum absolute atomic E-state index is 13.1. The van der Waals surface area contributed by atoms with E-state index in [0.717, 1.165) is 13.5 Å². The number of fused-ring (bicyclic) bond motifs is 1. The van der Waals surface area contributed by atoms with E-state index in [0.29, 0.717) is 5.66 Å². The van der Waals surface area contributed by atoms with Crippen molar-refractivity contribution in [2.24, 2.45) is 0 Å². The van der Waals surface area contributed by atoms with Gasteiger partial charge in [0.25, 0.3) is 17.7 Å². The normalized spacial score (nSPS) is 27.9. The Morgan fingerprint density at radius 3 is 2.59 bits per heavy atom. The number of nitrogens with one attached hydrogen (secondary N) is 2. The molecule has 32 heavy (non-hydrogen) atoms. The highest BCUT2D eigenvalue weighted by Crippen LogP contribution is 2.64. The average molecular weight is 459 g/mol. The molecule has 0 saturated carbocycles. The van der Waals surface area contributed by atoms with E-state index in [-0.39, 0.29) is 47.4 Å². The number of carbonyl (C=O) groups excluding carboxylic acids is 5. The summed E-state index contributed by atoms with van der Waals surface area (Å²) in [4.78, 5) is 63.0. The van der Waals surface area contributed by atoms with Crippen LogP contribution in [0.15, 0.2) is 18.2 Å². The van der Waals surface area contributed by atoms with E-state index in [2.05, 4.69) is 24.5 Å². The van der Waals surface area contributed by atoms with Crippen LogP contribution in [0.5, 0.6) is 5.75 Å². The SMILES string of the molecule is CC1PC1(C)C(C)(C)NC(=O)COc1cccc2c1C(=O)N(C1CCC(=O)NC1=O)C2=O. The van der Waals surface area contributed by atoms with Crippen molar-refractivity contribution in [3.8, 4) is 5.75 Å². The van der Waals surface area contributed by atoms with E-state index in [1.165, 1.54) is 12.1 Å². The van der Waals surface area contributed by atoms with Crippen LogP contribution in [0.3, 0.4) is 0 Å². The predicted octanol–water partition coefficient (Wildman–Crippen LogP) is 1.20. The molecule has 5 amide bonds. The first-order chi connectivity index (χ1) is 15.0. The molecular weight excluding hydrogens is 433 g/mol. The number of carbonyl (C=O) groups is 5. The molecule has 2 N–H and O–H groups in total. The molecule has 4 rings (SSSR count). The molecule has 0 radical (unpaired) electrons. The van der Waals surface area contributed by atoms with E-state index in [4.69, 9.17) is 4.74 Å². The monoisotopic (exact) mass is 459 g/mol. The molecule has 9 nitrogen and oxygen atoms in total. The Morgan fingerprint density at radius 2 is 1.97 bits per heavy atom. The van der Waals surface area contributed by atoms with Crippen LogP contribution in [-0.2, 0) is 14.4 Å². The van der Waals surface area contributed by atoms with Crippen molar-refractivity contribution in [3.05, 3.63) is 29.3 Å². The minimum Gasteiger partial charge on any atom is -0.483 e. The van der Waals surface area contributed by atoms with Gasteiger partial charge in [0.2, 0.25) is 11.8 Å². The Bertz CT molecular complexity index is 1050. The number of nitrogens with zero attached hydrogens (tertiary/aromatic N) is 1. The number of benzene rings is 1. The first-order valence-electron chi connectivity index (χ1n) is 10.5. The Labute approximate surface area is 187 Å². The highest BCUT2D eigenvalue weighted by molar-refractivity contribution is 7.50. The summed E-state index contributed by atoms with van der Waals surface area (Å²) in [5, 5.41) is 5.22. The molecule has 3 aliphatic rings. The number of imide groups is 2. The maximum atomic E-state index is 13.1. The van der Waals surface area contributed by atoms with E-state index >= 15 is 0 Å². The van der Waals surface area contributed by atoms with Crippen molar-refractivity contribution in [1.29, 1.82) is 0 Å². The molecule has 10 heteroatoms. The summed E-state index contributed by atoms with van der Waals surface area (Å²) < 4.78 is 5.65. The highest BCUT2D eigenvalue weighted by atomic mass is 31.1. The van der Waals surface area contributed by atoms with Crippen LogP contribution in [-0.4, -0.2) is 63.4 Å². The summed E-state index contributed by atoms with van der Waals surface area (Å²) in [6, 6.07) is 3.50. The fourth-order valence-corrected chi connectivity index (χ4v) is 5.99. The average Bonchev–Trinajstić information content (AvgIpc) is 3.27. The second-order valence-corrected chi connectivity index (χ2v) is 11.3. The molecule has 4 unspecified atom stereocenters. The Balaban J connectivity index is 1.48. The van der Waals surface area contributed by atoms with Crippen LogP contribution < -0.4 is 15.4 Å².